The zero-order valence-electron chi connectivity index (χ0n) is 11.0. The lowest BCUT2D eigenvalue weighted by atomic mass is 10.1. The van der Waals surface area contributed by atoms with Gasteiger partial charge in [-0.1, -0.05) is 19.1 Å². The lowest BCUT2D eigenvalue weighted by molar-refractivity contribution is -0.115. The van der Waals surface area contributed by atoms with E-state index >= 15 is 0 Å². The van der Waals surface area contributed by atoms with Gasteiger partial charge in [-0.15, -0.1) is 0 Å². The molecule has 1 radical (unpaired) electrons. The van der Waals surface area contributed by atoms with Gasteiger partial charge in [-0.25, -0.2) is 4.98 Å². The molecule has 18 heavy (non-hydrogen) atoms. The maximum Gasteiger partial charge on any atom is 0.159 e. The van der Waals surface area contributed by atoms with Crippen molar-refractivity contribution < 1.29 is 4.79 Å². The predicted octanol–water partition coefficient (Wildman–Crippen LogP) is 2.72. The van der Waals surface area contributed by atoms with Crippen molar-refractivity contribution in [2.75, 3.05) is 12.4 Å². The van der Waals surface area contributed by atoms with E-state index in [4.69, 9.17) is 0 Å². The largest absolute Gasteiger partial charge is 0.373 e. The second-order valence-electron chi connectivity index (χ2n) is 4.48. The van der Waals surface area contributed by atoms with Gasteiger partial charge in [-0.05, 0) is 36.5 Å². The minimum atomic E-state index is 0.258. The Morgan fingerprint density at radius 1 is 1.39 bits per heavy atom. The van der Waals surface area contributed by atoms with Crippen LogP contribution in [0.3, 0.4) is 0 Å². The first-order chi connectivity index (χ1) is 8.74. The average Bonchev–Trinajstić information content (AvgIpc) is 3.22. The molecule has 0 fully saturated rings. The number of allylic oxidation sites excluding steroid dienone is 2. The summed E-state index contributed by atoms with van der Waals surface area (Å²) in [6.07, 6.45) is 7.06. The van der Waals surface area contributed by atoms with Crippen molar-refractivity contribution >= 4 is 11.6 Å². The zero-order valence-corrected chi connectivity index (χ0v) is 11.0. The number of hydrogen-bond donors (Lipinski definition) is 1. The number of carbonyl (C=O) groups is 1. The van der Waals surface area contributed by atoms with Crippen LogP contribution in [-0.4, -0.2) is 17.8 Å². The lowest BCUT2D eigenvalue weighted by Gasteiger charge is -2.08. The number of carbonyl (C=O) groups excluding carboxylic acids is 1. The van der Waals surface area contributed by atoms with E-state index in [9.17, 15) is 4.79 Å². The number of rotatable bonds is 7. The van der Waals surface area contributed by atoms with Crippen molar-refractivity contribution in [3.63, 3.8) is 0 Å². The molecular weight excluding hydrogens is 224 g/mol. The number of hydrogen-bond acceptors (Lipinski definition) is 3. The van der Waals surface area contributed by atoms with E-state index in [2.05, 4.69) is 29.4 Å². The van der Waals surface area contributed by atoms with Crippen LogP contribution in [0, 0.1) is 6.42 Å². The van der Waals surface area contributed by atoms with Gasteiger partial charge in [0.25, 0.3) is 0 Å². The zero-order chi connectivity index (χ0) is 13.0. The van der Waals surface area contributed by atoms with Gasteiger partial charge in [-0.2, -0.15) is 0 Å². The summed E-state index contributed by atoms with van der Waals surface area (Å²) < 4.78 is 0. The standard InChI is InChI=1S/C15H19N2O/c1-3-11-9-10-13(17-15(11)16-2)5-4-6-14(18)12-7-8-12/h7-10H,3-6H2,1-2H3,(H,16,17). The summed E-state index contributed by atoms with van der Waals surface area (Å²) in [5.41, 5.74) is 3.17. The van der Waals surface area contributed by atoms with Gasteiger partial charge in [0.1, 0.15) is 5.82 Å². The molecule has 0 aliphatic heterocycles. The second-order valence-corrected chi connectivity index (χ2v) is 4.48. The van der Waals surface area contributed by atoms with Crippen LogP contribution in [0.5, 0.6) is 0 Å². The van der Waals surface area contributed by atoms with Crippen molar-refractivity contribution in [1.82, 2.24) is 4.98 Å². The summed E-state index contributed by atoms with van der Waals surface area (Å²) >= 11 is 0. The molecule has 0 aromatic carbocycles. The normalized spacial score (nSPS) is 13.1. The van der Waals surface area contributed by atoms with E-state index in [1.165, 1.54) is 5.56 Å². The quantitative estimate of drug-likeness (QED) is 0.800. The Labute approximate surface area is 108 Å². The molecule has 1 aliphatic rings. The monoisotopic (exact) mass is 243 g/mol. The highest BCUT2D eigenvalue weighted by atomic mass is 16.1. The van der Waals surface area contributed by atoms with Gasteiger partial charge in [0.05, 0.1) is 0 Å². The number of pyridine rings is 1. The molecule has 3 nitrogen and oxygen atoms in total. The van der Waals surface area contributed by atoms with Crippen LogP contribution >= 0.6 is 0 Å². The van der Waals surface area contributed by atoms with Gasteiger partial charge < -0.3 is 5.32 Å². The summed E-state index contributed by atoms with van der Waals surface area (Å²) in [5, 5.41) is 3.12. The van der Waals surface area contributed by atoms with E-state index in [0.29, 0.717) is 6.42 Å². The van der Waals surface area contributed by atoms with Crippen LogP contribution in [-0.2, 0) is 17.6 Å². The molecule has 95 valence electrons. The van der Waals surface area contributed by atoms with Gasteiger partial charge in [0, 0.05) is 25.6 Å². The summed E-state index contributed by atoms with van der Waals surface area (Å²) in [5.74, 6) is 1.22. The van der Waals surface area contributed by atoms with E-state index in [1.807, 2.05) is 19.5 Å². The molecular formula is C15H19N2O. The number of nitrogens with zero attached hydrogens (tertiary/aromatic N) is 1. The number of ketones is 1. The molecule has 3 heteroatoms. The van der Waals surface area contributed by atoms with Crippen LogP contribution < -0.4 is 5.32 Å². The third-order valence-corrected chi connectivity index (χ3v) is 3.15. The molecule has 0 saturated carbocycles. The number of nitrogens with one attached hydrogen (secondary N) is 1. The van der Waals surface area contributed by atoms with Crippen molar-refractivity contribution in [2.45, 2.75) is 32.6 Å². The minimum absolute atomic E-state index is 0.258. The molecule has 0 spiro atoms. The van der Waals surface area contributed by atoms with Crippen molar-refractivity contribution in [2.24, 2.45) is 0 Å². The Bertz CT molecular complexity index is 477. The lowest BCUT2D eigenvalue weighted by Crippen LogP contribution is -2.02. The molecule has 1 N–H and O–H groups in total. The Balaban J connectivity index is 1.88. The molecule has 0 bridgehead atoms. The van der Waals surface area contributed by atoms with Crippen LogP contribution in [0.2, 0.25) is 0 Å². The number of anilines is 1. The molecule has 1 heterocycles. The van der Waals surface area contributed by atoms with Crippen molar-refractivity contribution in [3.8, 4) is 0 Å². The van der Waals surface area contributed by atoms with Crippen LogP contribution in [0.4, 0.5) is 5.82 Å². The smallest absolute Gasteiger partial charge is 0.159 e. The topological polar surface area (TPSA) is 42.0 Å². The maximum absolute atomic E-state index is 11.5. The fraction of sp³-hybridized carbons (Fsp3) is 0.400. The number of aromatic nitrogens is 1. The van der Waals surface area contributed by atoms with E-state index < -0.39 is 0 Å². The molecule has 1 aliphatic carbocycles. The fourth-order valence-corrected chi connectivity index (χ4v) is 1.97. The van der Waals surface area contributed by atoms with Crippen molar-refractivity contribution in [3.05, 3.63) is 41.5 Å². The Kier molecular flexibility index (Phi) is 4.13. The first kappa shape index (κ1) is 12.8. The first-order valence-electron chi connectivity index (χ1n) is 6.49. The molecule has 1 aromatic heterocycles. The molecule has 0 saturated heterocycles. The molecule has 0 unspecified atom stereocenters. The third kappa shape index (κ3) is 3.19. The van der Waals surface area contributed by atoms with Gasteiger partial charge in [0.15, 0.2) is 5.78 Å². The number of aryl methyl sites for hydroxylation is 2. The first-order valence-corrected chi connectivity index (χ1v) is 6.49. The highest BCUT2D eigenvalue weighted by Gasteiger charge is 2.16. The number of Topliss-reactive ketones (excluding diaryl/α,β-unsaturated/α-hetero) is 1. The van der Waals surface area contributed by atoms with Crippen molar-refractivity contribution in [1.29, 1.82) is 0 Å². The minimum Gasteiger partial charge on any atom is -0.373 e. The molecule has 1 aromatic rings. The predicted molar refractivity (Wildman–Crippen MR) is 73.5 cm³/mol. The second kappa shape index (κ2) is 5.80. The summed E-state index contributed by atoms with van der Waals surface area (Å²) in [6, 6.07) is 4.18. The fourth-order valence-electron chi connectivity index (χ4n) is 1.97. The van der Waals surface area contributed by atoms with E-state index in [0.717, 1.165) is 36.3 Å². The van der Waals surface area contributed by atoms with Crippen LogP contribution in [0.15, 0.2) is 23.8 Å². The van der Waals surface area contributed by atoms with Gasteiger partial charge >= 0.3 is 0 Å². The van der Waals surface area contributed by atoms with E-state index in [1.54, 1.807) is 0 Å². The van der Waals surface area contributed by atoms with E-state index in [-0.39, 0.29) is 5.78 Å². The maximum atomic E-state index is 11.5. The van der Waals surface area contributed by atoms with Gasteiger partial charge in [-0.3, -0.25) is 4.79 Å². The van der Waals surface area contributed by atoms with Gasteiger partial charge in [0.2, 0.25) is 0 Å². The Morgan fingerprint density at radius 2 is 2.17 bits per heavy atom. The van der Waals surface area contributed by atoms with Crippen LogP contribution in [0.25, 0.3) is 0 Å². The third-order valence-electron chi connectivity index (χ3n) is 3.15. The van der Waals surface area contributed by atoms with Crippen LogP contribution in [0.1, 0.15) is 31.0 Å². The molecule has 0 atom stereocenters. The molecule has 2 rings (SSSR count). The average molecular weight is 243 g/mol. The highest BCUT2D eigenvalue weighted by Crippen LogP contribution is 2.20. The highest BCUT2D eigenvalue weighted by molar-refractivity contribution is 6.02. The SMILES string of the molecule is CCc1ccc(CCCC(=O)C2=C[CH]2)nc1NC. The Hall–Kier alpha value is -1.64. The molecule has 0 amide bonds. The summed E-state index contributed by atoms with van der Waals surface area (Å²) in [7, 11) is 1.89. The Morgan fingerprint density at radius 3 is 2.78 bits per heavy atom. The summed E-state index contributed by atoms with van der Waals surface area (Å²) in [6.45, 7) is 2.12. The summed E-state index contributed by atoms with van der Waals surface area (Å²) in [4.78, 5) is 16.1.